The molecular weight excluding hydrogens is 564 g/mol. The Bertz CT molecular complexity index is 964. The van der Waals surface area contributed by atoms with Crippen LogP contribution in [0, 0.1) is 0 Å². The molecule has 262 valence electrons. The third-order valence-corrected chi connectivity index (χ3v) is 7.35. The van der Waals surface area contributed by atoms with E-state index in [1.165, 1.54) is 102 Å². The normalized spacial score (nSPS) is 11.7. The van der Waals surface area contributed by atoms with Crippen LogP contribution in [0.25, 0.3) is 0 Å². The minimum Gasteiger partial charge on any atom is -0.588 e. The molecule has 3 N–H and O–H groups in total. The van der Waals surface area contributed by atoms with Gasteiger partial charge in [0.1, 0.15) is 6.61 Å². The van der Waals surface area contributed by atoms with Crippen molar-refractivity contribution >= 4 is 0 Å². The first-order valence-electron chi connectivity index (χ1n) is 18.4. The van der Waals surface area contributed by atoms with Gasteiger partial charge in [0.05, 0.1) is 0 Å². The molecule has 0 fully saturated rings. The van der Waals surface area contributed by atoms with Crippen LogP contribution in [-0.4, -0.2) is 41.5 Å². The average molecular weight is 639 g/mol. The summed E-state index contributed by atoms with van der Waals surface area (Å²) in [5, 5.41) is 7.00. The quantitative estimate of drug-likeness (QED) is 0.0466. The van der Waals surface area contributed by atoms with Gasteiger partial charge in [-0.1, -0.05) is 120 Å². The second kappa shape index (κ2) is 36.8. The number of ether oxygens (including phenoxy) is 2. The molecular formula is C43H74O3+2. The molecule has 0 radical (unpaired) electrons. The molecule has 0 saturated carbocycles. The van der Waals surface area contributed by atoms with Crippen LogP contribution >= 0.6 is 0 Å². The Kier molecular flexibility index (Phi) is 36.4. The van der Waals surface area contributed by atoms with E-state index < -0.39 is 0 Å². The standard InChI is InChI=1S/C40H62O2.C2H6.CH4O/c1-6-8-10-16-25-38-33-39(26-17-12-11-13-20-29-41-31-22-19-23-36(3)4)35-40(34-38)27-18-14-21-30-42-32-28-37(5)24-15-9-7-2;2*1-2/h7,9,15,19,22-24,28,31,33-35H,3,6,8,10-14,16-18,20-21,25-27,29-30,32H2,1-2,4-5H3;1-2H3;2H,1H3/p+2/b9-7-,23-19-,24-15-,31-22-,37-28-;;. The second-order valence-electron chi connectivity index (χ2n) is 11.7. The van der Waals surface area contributed by atoms with Crippen molar-refractivity contribution in [3.05, 3.63) is 107 Å². The molecule has 3 nitrogen and oxygen atoms in total. The Balaban J connectivity index is 0. The van der Waals surface area contributed by atoms with Gasteiger partial charge >= 0.3 is 0 Å². The van der Waals surface area contributed by atoms with Crippen molar-refractivity contribution in [1.29, 1.82) is 0 Å². The molecule has 0 aliphatic carbocycles. The van der Waals surface area contributed by atoms with E-state index in [1.807, 2.05) is 58.3 Å². The molecule has 1 rings (SSSR count). The monoisotopic (exact) mass is 639 g/mol. The van der Waals surface area contributed by atoms with E-state index in [4.69, 9.17) is 9.84 Å². The Hall–Kier alpha value is -2.62. The summed E-state index contributed by atoms with van der Waals surface area (Å²) < 4.78 is 9.19. The molecule has 0 amide bonds. The number of rotatable bonds is 26. The number of unbranched alkanes of at least 4 members (excludes halogenated alkanes) is 9. The van der Waals surface area contributed by atoms with Crippen molar-refractivity contribution in [2.45, 2.75) is 138 Å². The summed E-state index contributed by atoms with van der Waals surface area (Å²) in [6.07, 6.45) is 37.5. The van der Waals surface area contributed by atoms with Crippen LogP contribution in [0.3, 0.4) is 0 Å². The molecule has 46 heavy (non-hydrogen) atoms. The Morgan fingerprint density at radius 3 is 1.74 bits per heavy atom. The van der Waals surface area contributed by atoms with Crippen molar-refractivity contribution in [2.24, 2.45) is 0 Å². The summed E-state index contributed by atoms with van der Waals surface area (Å²) in [5.41, 5.74) is 7.02. The summed E-state index contributed by atoms with van der Waals surface area (Å²) >= 11 is 0. The number of allylic oxidation sites excluding steroid dienone is 9. The Morgan fingerprint density at radius 1 is 0.674 bits per heavy atom. The predicted molar refractivity (Wildman–Crippen MR) is 208 cm³/mol. The first-order chi connectivity index (χ1) is 22.5. The van der Waals surface area contributed by atoms with E-state index in [0.29, 0.717) is 0 Å². The van der Waals surface area contributed by atoms with E-state index in [-0.39, 0.29) is 0 Å². The summed E-state index contributed by atoms with van der Waals surface area (Å²) in [6.45, 7) is 19.1. The molecule has 0 bridgehead atoms. The largest absolute Gasteiger partial charge is 0.588 e. The van der Waals surface area contributed by atoms with Crippen LogP contribution < -0.4 is 0 Å². The minimum atomic E-state index is 0.829. The van der Waals surface area contributed by atoms with Gasteiger partial charge in [-0.2, -0.15) is 0 Å². The molecule has 0 heterocycles. The second-order valence-corrected chi connectivity index (χ2v) is 11.7. The fraction of sp³-hybridized carbons (Fsp3) is 0.581. The van der Waals surface area contributed by atoms with Crippen molar-refractivity contribution in [1.82, 2.24) is 0 Å². The number of hydrogen-bond donors (Lipinski definition) is 1. The molecule has 0 aliphatic heterocycles. The first-order valence-corrected chi connectivity index (χ1v) is 18.4. The van der Waals surface area contributed by atoms with E-state index in [9.17, 15) is 0 Å². The smallest absolute Gasteiger partial charge is 0.217 e. The molecule has 0 aliphatic rings. The molecule has 0 spiro atoms. The van der Waals surface area contributed by atoms with Crippen LogP contribution in [0.5, 0.6) is 0 Å². The van der Waals surface area contributed by atoms with Crippen molar-refractivity contribution in [3.8, 4) is 0 Å². The summed E-state index contributed by atoms with van der Waals surface area (Å²) in [7, 11) is 1.00. The highest BCUT2D eigenvalue weighted by atomic mass is 16.5. The highest BCUT2D eigenvalue weighted by Gasteiger charge is 2.04. The van der Waals surface area contributed by atoms with Crippen LogP contribution in [0.2, 0.25) is 0 Å². The number of aliphatic hydroxyl groups excluding tert-OH is 1. The summed E-state index contributed by atoms with van der Waals surface area (Å²) in [6, 6.07) is 7.51. The predicted octanol–water partition coefficient (Wildman–Crippen LogP) is 11.4. The van der Waals surface area contributed by atoms with Crippen molar-refractivity contribution in [2.75, 3.05) is 26.9 Å². The molecule has 0 atom stereocenters. The van der Waals surface area contributed by atoms with E-state index in [0.717, 1.165) is 32.5 Å². The zero-order valence-corrected chi connectivity index (χ0v) is 31.2. The lowest BCUT2D eigenvalue weighted by Gasteiger charge is -2.11. The molecule has 3 heteroatoms. The molecule has 0 unspecified atom stereocenters. The topological polar surface area (TPSA) is 45.8 Å². The lowest BCUT2D eigenvalue weighted by atomic mass is 9.95. The highest BCUT2D eigenvalue weighted by Crippen LogP contribution is 2.19. The van der Waals surface area contributed by atoms with Crippen LogP contribution in [0.1, 0.15) is 135 Å². The average Bonchev–Trinajstić information content (AvgIpc) is 3.06. The maximum atomic E-state index is 7.00. The molecule has 1 aromatic rings. The van der Waals surface area contributed by atoms with Crippen molar-refractivity contribution < 1.29 is 14.6 Å². The zero-order valence-electron chi connectivity index (χ0n) is 31.2. The molecule has 0 saturated heterocycles. The van der Waals surface area contributed by atoms with Gasteiger partial charge in [0.25, 0.3) is 0 Å². The zero-order chi connectivity index (χ0) is 34.5. The lowest BCUT2D eigenvalue weighted by molar-refractivity contribution is -0.0185. The van der Waals surface area contributed by atoms with E-state index >= 15 is 0 Å². The van der Waals surface area contributed by atoms with E-state index in [1.54, 1.807) is 16.7 Å². The first kappa shape index (κ1) is 45.5. The maximum Gasteiger partial charge on any atom is 0.217 e. The lowest BCUT2D eigenvalue weighted by Crippen LogP contribution is -2.01. The fourth-order valence-electron chi connectivity index (χ4n) is 4.91. The van der Waals surface area contributed by atoms with Gasteiger partial charge in [-0.25, -0.2) is 0 Å². The van der Waals surface area contributed by atoms with Crippen molar-refractivity contribution in [3.63, 3.8) is 0 Å². The van der Waals surface area contributed by atoms with Crippen LogP contribution in [0.15, 0.2) is 90.8 Å². The maximum absolute atomic E-state index is 7.00. The molecule has 1 aromatic carbocycles. The van der Waals surface area contributed by atoms with Crippen LogP contribution in [-0.2, 0) is 19.3 Å². The van der Waals surface area contributed by atoms with Gasteiger partial charge in [-0.3, -0.25) is 0 Å². The van der Waals surface area contributed by atoms with Gasteiger partial charge in [-0.15, -0.1) is 0 Å². The Labute approximate surface area is 286 Å². The number of aliphatic hydroxyl groups is 5. The van der Waals surface area contributed by atoms with Gasteiger partial charge in [0, 0.05) is 26.0 Å². The number of aryl methyl sites for hydroxylation is 3. The molecule has 0 aromatic heterocycles. The highest BCUT2D eigenvalue weighted by molar-refractivity contribution is 5.31. The van der Waals surface area contributed by atoms with Gasteiger partial charge in [0.15, 0.2) is 13.2 Å². The minimum absolute atomic E-state index is 0.829. The van der Waals surface area contributed by atoms with E-state index in [2.05, 4.69) is 67.7 Å². The Morgan fingerprint density at radius 2 is 1.17 bits per heavy atom. The summed E-state index contributed by atoms with van der Waals surface area (Å²) in [5.74, 6) is 0. The van der Waals surface area contributed by atoms with Gasteiger partial charge < -0.3 is 14.6 Å². The summed E-state index contributed by atoms with van der Waals surface area (Å²) in [4.78, 5) is 0. The third kappa shape index (κ3) is 31.4. The fourth-order valence-corrected chi connectivity index (χ4v) is 4.91. The van der Waals surface area contributed by atoms with Gasteiger partial charge in [0.2, 0.25) is 6.26 Å². The number of benzene rings is 1. The SMILES string of the molecule is C=C(C)/C=C\C=C/[OH+]CCCCCCCc1cc(CCCCCC)cc(CCCCC[OH+]C\C=C(C)/C=C\C=C/C)c1.CC.CO. The van der Waals surface area contributed by atoms with Crippen LogP contribution in [0.4, 0.5) is 0 Å². The van der Waals surface area contributed by atoms with Gasteiger partial charge in [-0.05, 0) is 100 Å². The third-order valence-electron chi connectivity index (χ3n) is 7.35. The number of hydrogen-bond acceptors (Lipinski definition) is 1.